The number of hydrogen-bond donors (Lipinski definition) is 1. The van der Waals surface area contributed by atoms with Crippen LogP contribution in [0, 0.1) is 11.2 Å². The molecule has 24 heavy (non-hydrogen) atoms. The third-order valence-electron chi connectivity index (χ3n) is 5.77. The highest BCUT2D eigenvalue weighted by atomic mass is 19.1. The lowest BCUT2D eigenvalue weighted by atomic mass is 9.74. The van der Waals surface area contributed by atoms with Crippen molar-refractivity contribution in [1.82, 2.24) is 4.90 Å². The molecule has 2 aliphatic heterocycles. The molecule has 0 aromatic heterocycles. The normalized spacial score (nSPS) is 23.3. The zero-order chi connectivity index (χ0) is 16.6. The third-order valence-corrected chi connectivity index (χ3v) is 5.77. The molecule has 0 unspecified atom stereocenters. The molecular formula is C19H25FN2O2. The first-order valence-electron chi connectivity index (χ1n) is 9.08. The molecule has 2 heterocycles. The molecule has 5 heteroatoms. The highest BCUT2D eigenvalue weighted by Crippen LogP contribution is 2.42. The van der Waals surface area contributed by atoms with Crippen LogP contribution < -0.4 is 5.32 Å². The quantitative estimate of drug-likeness (QED) is 0.885. The summed E-state index contributed by atoms with van der Waals surface area (Å²) in [5, 5.41) is 2.97. The van der Waals surface area contributed by atoms with Gasteiger partial charge in [0.05, 0.1) is 0 Å². The first-order chi connectivity index (χ1) is 11.7. The predicted molar refractivity (Wildman–Crippen MR) is 90.7 cm³/mol. The van der Waals surface area contributed by atoms with E-state index in [2.05, 4.69) is 5.32 Å². The number of hydrogen-bond acceptors (Lipinski definition) is 2. The predicted octanol–water partition coefficient (Wildman–Crippen LogP) is 4.13. The molecule has 0 radical (unpaired) electrons. The van der Waals surface area contributed by atoms with Crippen molar-refractivity contribution in [3.8, 4) is 0 Å². The van der Waals surface area contributed by atoms with Crippen LogP contribution in [0.25, 0.3) is 0 Å². The molecule has 1 aromatic carbocycles. The summed E-state index contributed by atoms with van der Waals surface area (Å²) in [5.41, 5.74) is 1.68. The van der Waals surface area contributed by atoms with Crippen LogP contribution >= 0.6 is 0 Å². The maximum atomic E-state index is 13.9. The van der Waals surface area contributed by atoms with Crippen molar-refractivity contribution >= 4 is 11.7 Å². The topological polar surface area (TPSA) is 41.6 Å². The van der Waals surface area contributed by atoms with E-state index in [4.69, 9.17) is 4.74 Å². The summed E-state index contributed by atoms with van der Waals surface area (Å²) in [5.74, 6) is 0.178. The zero-order valence-electron chi connectivity index (χ0n) is 14.0. The highest BCUT2D eigenvalue weighted by molar-refractivity contribution is 5.89. The number of piperidine rings is 1. The first kappa shape index (κ1) is 15.9. The van der Waals surface area contributed by atoms with E-state index >= 15 is 0 Å². The number of nitrogens with one attached hydrogen (secondary N) is 1. The number of rotatable bonds is 2. The van der Waals surface area contributed by atoms with Crippen LogP contribution in [-0.2, 0) is 4.74 Å². The Morgan fingerprint density at radius 2 is 2.04 bits per heavy atom. The van der Waals surface area contributed by atoms with E-state index in [1.165, 1.54) is 12.5 Å². The molecular weight excluding hydrogens is 307 g/mol. The summed E-state index contributed by atoms with van der Waals surface area (Å²) in [6.07, 6.45) is 6.40. The van der Waals surface area contributed by atoms with Crippen LogP contribution in [0.3, 0.4) is 0 Å². The van der Waals surface area contributed by atoms with Gasteiger partial charge in [0.15, 0.2) is 0 Å². The number of likely N-dealkylation sites (tertiary alicyclic amines) is 1. The van der Waals surface area contributed by atoms with Crippen molar-refractivity contribution in [2.24, 2.45) is 5.41 Å². The summed E-state index contributed by atoms with van der Waals surface area (Å²) >= 11 is 0. The lowest BCUT2D eigenvalue weighted by Gasteiger charge is -2.45. The average molecular weight is 332 g/mol. The summed E-state index contributed by atoms with van der Waals surface area (Å²) in [4.78, 5) is 14.6. The number of carbonyl (C=O) groups excluding carboxylic acids is 1. The monoisotopic (exact) mass is 332 g/mol. The fraction of sp³-hybridized carbons (Fsp3) is 0.632. The largest absolute Gasteiger partial charge is 0.381 e. The van der Waals surface area contributed by atoms with Gasteiger partial charge in [-0.25, -0.2) is 9.18 Å². The van der Waals surface area contributed by atoms with Gasteiger partial charge in [-0.3, -0.25) is 0 Å². The van der Waals surface area contributed by atoms with Crippen LogP contribution in [0.4, 0.5) is 14.9 Å². The van der Waals surface area contributed by atoms with E-state index in [-0.39, 0.29) is 17.3 Å². The van der Waals surface area contributed by atoms with Crippen LogP contribution in [0.1, 0.15) is 50.0 Å². The van der Waals surface area contributed by atoms with Crippen molar-refractivity contribution in [2.75, 3.05) is 31.6 Å². The number of nitrogens with zero attached hydrogens (tertiary/aromatic N) is 1. The van der Waals surface area contributed by atoms with Crippen LogP contribution in [0.2, 0.25) is 0 Å². The van der Waals surface area contributed by atoms with Crippen LogP contribution in [0.5, 0.6) is 0 Å². The first-order valence-corrected chi connectivity index (χ1v) is 9.08. The van der Waals surface area contributed by atoms with E-state index in [1.807, 2.05) is 4.90 Å². The minimum absolute atomic E-state index is 0.0612. The zero-order valence-corrected chi connectivity index (χ0v) is 14.0. The van der Waals surface area contributed by atoms with Gasteiger partial charge >= 0.3 is 6.03 Å². The van der Waals surface area contributed by atoms with Crippen molar-refractivity contribution in [1.29, 1.82) is 0 Å². The smallest absolute Gasteiger partial charge is 0.321 e. The van der Waals surface area contributed by atoms with Gasteiger partial charge in [0.25, 0.3) is 0 Å². The molecule has 2 amide bonds. The Balaban J connectivity index is 1.43. The number of halogens is 1. The third kappa shape index (κ3) is 3.27. The van der Waals surface area contributed by atoms with Gasteiger partial charge in [-0.2, -0.15) is 0 Å². The number of amides is 2. The molecule has 2 saturated heterocycles. The summed E-state index contributed by atoms with van der Waals surface area (Å²) in [6, 6.07) is 4.88. The van der Waals surface area contributed by atoms with Crippen LogP contribution in [-0.4, -0.2) is 37.2 Å². The van der Waals surface area contributed by atoms with E-state index in [0.29, 0.717) is 11.6 Å². The Morgan fingerprint density at radius 1 is 1.25 bits per heavy atom. The fourth-order valence-electron chi connectivity index (χ4n) is 4.13. The maximum Gasteiger partial charge on any atom is 0.321 e. The average Bonchev–Trinajstić information content (AvgIpc) is 3.42. The van der Waals surface area contributed by atoms with Crippen molar-refractivity contribution in [2.45, 2.75) is 44.4 Å². The molecule has 1 spiro atoms. The maximum absolute atomic E-state index is 13.9. The van der Waals surface area contributed by atoms with Crippen molar-refractivity contribution < 1.29 is 13.9 Å². The molecule has 3 fully saturated rings. The van der Waals surface area contributed by atoms with E-state index in [0.717, 1.165) is 64.0 Å². The number of carbonyl (C=O) groups is 1. The second kappa shape index (κ2) is 6.36. The summed E-state index contributed by atoms with van der Waals surface area (Å²) < 4.78 is 19.3. The second-order valence-corrected chi connectivity index (χ2v) is 7.58. The molecule has 130 valence electrons. The summed E-state index contributed by atoms with van der Waals surface area (Å²) in [6.45, 7) is 3.21. The van der Waals surface area contributed by atoms with Gasteiger partial charge in [0.1, 0.15) is 5.82 Å². The lowest BCUT2D eigenvalue weighted by molar-refractivity contribution is -0.0175. The van der Waals surface area contributed by atoms with Gasteiger partial charge in [0.2, 0.25) is 0 Å². The molecule has 1 N–H and O–H groups in total. The fourth-order valence-corrected chi connectivity index (χ4v) is 4.13. The highest BCUT2D eigenvalue weighted by Gasteiger charge is 2.38. The van der Waals surface area contributed by atoms with Crippen molar-refractivity contribution in [3.05, 3.63) is 29.6 Å². The SMILES string of the molecule is O=C(Nc1ccc(F)c(C2CC2)c1)N1CCCC2(CCOCC2)C1. The molecule has 1 aromatic rings. The van der Waals surface area contributed by atoms with Gasteiger partial charge in [-0.05, 0) is 73.6 Å². The Labute approximate surface area is 142 Å². The minimum Gasteiger partial charge on any atom is -0.381 e. The van der Waals surface area contributed by atoms with E-state index < -0.39 is 0 Å². The molecule has 3 aliphatic rings. The molecule has 0 bridgehead atoms. The van der Waals surface area contributed by atoms with E-state index in [9.17, 15) is 9.18 Å². The number of anilines is 1. The van der Waals surface area contributed by atoms with Crippen molar-refractivity contribution in [3.63, 3.8) is 0 Å². The number of ether oxygens (including phenoxy) is 1. The molecule has 1 aliphatic carbocycles. The van der Waals surface area contributed by atoms with Gasteiger partial charge in [-0.1, -0.05) is 0 Å². The molecule has 4 nitrogen and oxygen atoms in total. The second-order valence-electron chi connectivity index (χ2n) is 7.58. The van der Waals surface area contributed by atoms with Gasteiger partial charge < -0.3 is 15.0 Å². The summed E-state index contributed by atoms with van der Waals surface area (Å²) in [7, 11) is 0. The van der Waals surface area contributed by atoms with E-state index in [1.54, 1.807) is 12.1 Å². The van der Waals surface area contributed by atoms with Gasteiger partial charge in [-0.15, -0.1) is 0 Å². The molecule has 1 saturated carbocycles. The standard InChI is InChI=1S/C19H25FN2O2/c20-17-5-4-15(12-16(17)14-2-3-14)21-18(23)22-9-1-6-19(13-22)7-10-24-11-8-19/h4-5,12,14H,1-3,6-11,13H2,(H,21,23). The Morgan fingerprint density at radius 3 is 2.79 bits per heavy atom. The Kier molecular flexibility index (Phi) is 4.21. The number of urea groups is 1. The molecule has 0 atom stereocenters. The van der Waals surface area contributed by atoms with Crippen LogP contribution in [0.15, 0.2) is 18.2 Å². The lowest BCUT2D eigenvalue weighted by Crippen LogP contribution is -2.49. The van der Waals surface area contributed by atoms with Gasteiger partial charge in [0, 0.05) is 32.0 Å². The minimum atomic E-state index is -0.158. The Hall–Kier alpha value is -1.62. The Bertz CT molecular complexity index is 618. The molecule has 4 rings (SSSR count). The number of benzene rings is 1.